The van der Waals surface area contributed by atoms with Gasteiger partial charge in [0.1, 0.15) is 0 Å². The summed E-state index contributed by atoms with van der Waals surface area (Å²) in [5.41, 5.74) is -0.186. The molecule has 0 amide bonds. The van der Waals surface area contributed by atoms with Crippen molar-refractivity contribution in [3.8, 4) is 0 Å². The summed E-state index contributed by atoms with van der Waals surface area (Å²) in [6.07, 6.45) is -0.166. The molecule has 0 saturated carbocycles. The Morgan fingerprint density at radius 1 is 0.923 bits per heavy atom. The maximum absolute atomic E-state index is 8.85. The predicted molar refractivity (Wildman–Crippen MR) is 55.1 cm³/mol. The first kappa shape index (κ1) is 13.3. The van der Waals surface area contributed by atoms with Crippen LogP contribution in [0.2, 0.25) is 0 Å². The van der Waals surface area contributed by atoms with Gasteiger partial charge in [0.25, 0.3) is 0 Å². The van der Waals surface area contributed by atoms with Crippen LogP contribution in [-0.2, 0) is 4.52 Å². The van der Waals surface area contributed by atoms with Gasteiger partial charge in [-0.25, -0.2) is 0 Å². The highest BCUT2D eigenvalue weighted by molar-refractivity contribution is 7.39. The highest BCUT2D eigenvalue weighted by Crippen LogP contribution is 2.42. The molecule has 0 radical (unpaired) electrons. The molecule has 13 heavy (non-hydrogen) atoms. The molecular formula is C9H21O3P. The minimum Gasteiger partial charge on any atom is -0.328 e. The summed E-state index contributed by atoms with van der Waals surface area (Å²) in [6, 6.07) is 0. The van der Waals surface area contributed by atoms with Crippen molar-refractivity contribution in [1.29, 1.82) is 0 Å². The van der Waals surface area contributed by atoms with Crippen molar-refractivity contribution in [2.45, 2.75) is 47.6 Å². The van der Waals surface area contributed by atoms with Crippen LogP contribution in [0.5, 0.6) is 0 Å². The van der Waals surface area contributed by atoms with E-state index in [9.17, 15) is 0 Å². The maximum atomic E-state index is 8.85. The summed E-state index contributed by atoms with van der Waals surface area (Å²) in [6.45, 7) is 12.2. The number of hydrogen-bond acceptors (Lipinski definition) is 3. The fourth-order valence-corrected chi connectivity index (χ4v) is 2.53. The SMILES string of the molecule is CC(C)(C)C(OP(O)O)C(C)(C)C. The van der Waals surface area contributed by atoms with Crippen molar-refractivity contribution in [3.63, 3.8) is 0 Å². The van der Waals surface area contributed by atoms with Crippen LogP contribution in [0, 0.1) is 10.8 Å². The van der Waals surface area contributed by atoms with E-state index in [1.54, 1.807) is 0 Å². The highest BCUT2D eigenvalue weighted by atomic mass is 31.2. The molecule has 0 aliphatic heterocycles. The van der Waals surface area contributed by atoms with E-state index in [1.165, 1.54) is 0 Å². The van der Waals surface area contributed by atoms with Crippen molar-refractivity contribution >= 4 is 8.60 Å². The van der Waals surface area contributed by atoms with Gasteiger partial charge < -0.3 is 14.3 Å². The summed E-state index contributed by atoms with van der Waals surface area (Å²) in [5.74, 6) is 0. The van der Waals surface area contributed by atoms with Crippen molar-refractivity contribution in [3.05, 3.63) is 0 Å². The number of hydrogen-bond donors (Lipinski definition) is 2. The van der Waals surface area contributed by atoms with E-state index in [-0.39, 0.29) is 16.9 Å². The van der Waals surface area contributed by atoms with Crippen molar-refractivity contribution in [2.75, 3.05) is 0 Å². The van der Waals surface area contributed by atoms with E-state index in [4.69, 9.17) is 14.3 Å². The molecule has 3 nitrogen and oxygen atoms in total. The van der Waals surface area contributed by atoms with Gasteiger partial charge in [-0.15, -0.1) is 0 Å². The first-order valence-corrected chi connectivity index (χ1v) is 5.56. The quantitative estimate of drug-likeness (QED) is 0.686. The van der Waals surface area contributed by atoms with Crippen molar-refractivity contribution in [2.24, 2.45) is 10.8 Å². The van der Waals surface area contributed by atoms with Crippen molar-refractivity contribution < 1.29 is 14.3 Å². The first-order chi connectivity index (χ1) is 5.55. The standard InChI is InChI=1S/C9H21O3P/c1-8(2,3)7(9(4,5)6)12-13(10)11/h7,10-11H,1-6H3. The zero-order valence-electron chi connectivity index (χ0n) is 9.33. The predicted octanol–water partition coefficient (Wildman–Crippen LogP) is 2.68. The summed E-state index contributed by atoms with van der Waals surface area (Å²) < 4.78 is 5.16. The fourth-order valence-electron chi connectivity index (χ4n) is 1.71. The second kappa shape index (κ2) is 4.22. The van der Waals surface area contributed by atoms with Gasteiger partial charge in [0.2, 0.25) is 0 Å². The van der Waals surface area contributed by atoms with E-state index in [0.29, 0.717) is 0 Å². The van der Waals surface area contributed by atoms with Gasteiger partial charge in [0, 0.05) is 0 Å². The molecule has 0 unspecified atom stereocenters. The minimum absolute atomic E-state index is 0.0930. The Morgan fingerprint density at radius 3 is 1.31 bits per heavy atom. The highest BCUT2D eigenvalue weighted by Gasteiger charge is 2.37. The Hall–Kier alpha value is 0.310. The largest absolute Gasteiger partial charge is 0.328 e. The molecule has 0 bridgehead atoms. The van der Waals surface area contributed by atoms with Gasteiger partial charge >= 0.3 is 8.60 Å². The van der Waals surface area contributed by atoms with E-state index >= 15 is 0 Å². The Balaban J connectivity index is 4.58. The summed E-state index contributed by atoms with van der Waals surface area (Å²) in [4.78, 5) is 17.7. The van der Waals surface area contributed by atoms with Crippen molar-refractivity contribution in [1.82, 2.24) is 0 Å². The molecule has 0 aromatic heterocycles. The topological polar surface area (TPSA) is 49.7 Å². The number of rotatable bonds is 2. The van der Waals surface area contributed by atoms with Crippen LogP contribution in [0.25, 0.3) is 0 Å². The molecule has 0 rings (SSSR count). The van der Waals surface area contributed by atoms with Gasteiger partial charge in [-0.2, -0.15) is 0 Å². The zero-order valence-corrected chi connectivity index (χ0v) is 10.2. The Labute approximate surface area is 82.1 Å². The lowest BCUT2D eigenvalue weighted by molar-refractivity contribution is -0.00972. The van der Waals surface area contributed by atoms with Crippen LogP contribution in [0.3, 0.4) is 0 Å². The van der Waals surface area contributed by atoms with Gasteiger partial charge in [-0.1, -0.05) is 41.5 Å². The third kappa shape index (κ3) is 4.92. The van der Waals surface area contributed by atoms with Crippen LogP contribution < -0.4 is 0 Å². The molecule has 0 atom stereocenters. The lowest BCUT2D eigenvalue weighted by Crippen LogP contribution is -2.39. The molecule has 0 aromatic carbocycles. The summed E-state index contributed by atoms with van der Waals surface area (Å²) in [5, 5.41) is 0. The molecule has 2 N–H and O–H groups in total. The summed E-state index contributed by atoms with van der Waals surface area (Å²) >= 11 is 0. The van der Waals surface area contributed by atoms with E-state index in [1.807, 2.05) is 41.5 Å². The van der Waals surface area contributed by atoms with Crippen LogP contribution >= 0.6 is 8.60 Å². The normalized spacial score (nSPS) is 14.3. The third-order valence-electron chi connectivity index (χ3n) is 1.77. The first-order valence-electron chi connectivity index (χ1n) is 4.40. The lowest BCUT2D eigenvalue weighted by atomic mass is 9.74. The van der Waals surface area contributed by atoms with Crippen LogP contribution in [0.1, 0.15) is 41.5 Å². The average molecular weight is 208 g/mol. The molecule has 4 heteroatoms. The van der Waals surface area contributed by atoms with Crippen LogP contribution in [0.15, 0.2) is 0 Å². The van der Waals surface area contributed by atoms with E-state index < -0.39 is 8.60 Å². The van der Waals surface area contributed by atoms with E-state index in [0.717, 1.165) is 0 Å². The molecule has 0 heterocycles. The molecule has 0 aromatic rings. The molecule has 80 valence electrons. The van der Waals surface area contributed by atoms with Gasteiger partial charge in [-0.3, -0.25) is 0 Å². The van der Waals surface area contributed by atoms with Crippen LogP contribution in [-0.4, -0.2) is 15.9 Å². The van der Waals surface area contributed by atoms with Gasteiger partial charge in [0.15, 0.2) is 0 Å². The second-order valence-electron chi connectivity index (χ2n) is 5.47. The van der Waals surface area contributed by atoms with E-state index in [2.05, 4.69) is 0 Å². The zero-order chi connectivity index (χ0) is 10.9. The molecule has 0 fully saturated rings. The Morgan fingerprint density at radius 2 is 1.23 bits per heavy atom. The molecule has 0 saturated heterocycles. The van der Waals surface area contributed by atoms with Crippen LogP contribution in [0.4, 0.5) is 0 Å². The smallest absolute Gasteiger partial charge is 0.327 e. The van der Waals surface area contributed by atoms with Gasteiger partial charge in [0.05, 0.1) is 6.10 Å². The minimum atomic E-state index is -2.27. The maximum Gasteiger partial charge on any atom is 0.327 e. The molecule has 0 spiro atoms. The fraction of sp³-hybridized carbons (Fsp3) is 1.00. The second-order valence-corrected chi connectivity index (χ2v) is 6.19. The Bertz CT molecular complexity index is 141. The summed E-state index contributed by atoms with van der Waals surface area (Å²) in [7, 11) is -2.27. The average Bonchev–Trinajstić information content (AvgIpc) is 1.77. The third-order valence-corrected chi connectivity index (χ3v) is 2.17. The molecular weight excluding hydrogens is 187 g/mol. The monoisotopic (exact) mass is 208 g/mol. The lowest BCUT2D eigenvalue weighted by Gasteiger charge is -2.39. The Kier molecular flexibility index (Phi) is 4.32. The molecule has 0 aliphatic carbocycles. The van der Waals surface area contributed by atoms with Gasteiger partial charge in [-0.05, 0) is 10.8 Å². The molecule has 0 aliphatic rings.